The van der Waals surface area contributed by atoms with Crippen LogP contribution in [-0.4, -0.2) is 56.7 Å². The van der Waals surface area contributed by atoms with Gasteiger partial charge in [-0.1, -0.05) is 15.9 Å². The monoisotopic (exact) mass is 394 g/mol. The number of carbonyl (C=O) groups excluding carboxylic acids is 1. The predicted octanol–water partition coefficient (Wildman–Crippen LogP) is 2.67. The average molecular weight is 395 g/mol. The molecule has 6 heteroatoms. The van der Waals surface area contributed by atoms with Crippen LogP contribution in [0.25, 0.3) is 0 Å². The van der Waals surface area contributed by atoms with Gasteiger partial charge in [0.05, 0.1) is 0 Å². The van der Waals surface area contributed by atoms with Crippen molar-refractivity contribution in [2.24, 2.45) is 5.92 Å². The summed E-state index contributed by atoms with van der Waals surface area (Å²) in [6.07, 6.45) is 3.22. The molecule has 0 unspecified atom stereocenters. The van der Waals surface area contributed by atoms with Gasteiger partial charge in [0.2, 0.25) is 0 Å². The third kappa shape index (κ3) is 4.86. The van der Waals surface area contributed by atoms with E-state index in [0.29, 0.717) is 12.0 Å². The van der Waals surface area contributed by atoms with Crippen LogP contribution in [-0.2, 0) is 0 Å². The molecule has 0 spiro atoms. The Morgan fingerprint density at radius 1 is 1.17 bits per heavy atom. The second-order valence-electron chi connectivity index (χ2n) is 7.01. The maximum absolute atomic E-state index is 12.1. The van der Waals surface area contributed by atoms with Crippen molar-refractivity contribution in [1.29, 1.82) is 0 Å². The maximum atomic E-state index is 12.1. The van der Waals surface area contributed by atoms with Crippen molar-refractivity contribution in [1.82, 2.24) is 15.5 Å². The Balaban J connectivity index is 1.38. The van der Waals surface area contributed by atoms with Crippen molar-refractivity contribution in [3.63, 3.8) is 0 Å². The third-order valence-electron chi connectivity index (χ3n) is 5.08. The van der Waals surface area contributed by atoms with E-state index in [9.17, 15) is 4.79 Å². The lowest BCUT2D eigenvalue weighted by molar-refractivity contribution is 0.213. The lowest BCUT2D eigenvalue weighted by atomic mass is 10.1. The van der Waals surface area contributed by atoms with Gasteiger partial charge in [0, 0.05) is 35.8 Å². The molecule has 0 saturated carbocycles. The van der Waals surface area contributed by atoms with E-state index >= 15 is 0 Å². The van der Waals surface area contributed by atoms with Crippen LogP contribution in [0, 0.1) is 5.92 Å². The first-order chi connectivity index (χ1) is 11.6. The van der Waals surface area contributed by atoms with E-state index < -0.39 is 0 Å². The Morgan fingerprint density at radius 2 is 1.88 bits per heavy atom. The van der Waals surface area contributed by atoms with Crippen LogP contribution < -0.4 is 15.5 Å². The molecule has 1 aromatic carbocycles. The van der Waals surface area contributed by atoms with Crippen LogP contribution in [0.1, 0.15) is 19.3 Å². The van der Waals surface area contributed by atoms with Gasteiger partial charge in [-0.05, 0) is 69.6 Å². The molecule has 24 heavy (non-hydrogen) atoms. The molecule has 0 bridgehead atoms. The highest BCUT2D eigenvalue weighted by atomic mass is 79.9. The van der Waals surface area contributed by atoms with Gasteiger partial charge in [-0.15, -0.1) is 0 Å². The SMILES string of the molecule is CN1CCC(NC(=O)NC[C@@H]2CCN(c3ccc(Br)cc3)C2)CC1. The molecule has 2 heterocycles. The molecule has 2 fully saturated rings. The zero-order chi connectivity index (χ0) is 16.9. The summed E-state index contributed by atoms with van der Waals surface area (Å²) >= 11 is 3.47. The number of amides is 2. The first kappa shape index (κ1) is 17.5. The number of nitrogens with zero attached hydrogens (tertiary/aromatic N) is 2. The Labute approximate surface area is 152 Å². The van der Waals surface area contributed by atoms with Gasteiger partial charge >= 0.3 is 6.03 Å². The highest BCUT2D eigenvalue weighted by Gasteiger charge is 2.24. The maximum Gasteiger partial charge on any atom is 0.315 e. The van der Waals surface area contributed by atoms with E-state index in [-0.39, 0.29) is 6.03 Å². The Bertz CT molecular complexity index is 542. The van der Waals surface area contributed by atoms with Crippen molar-refractivity contribution in [2.75, 3.05) is 44.7 Å². The summed E-state index contributed by atoms with van der Waals surface area (Å²) in [7, 11) is 2.13. The third-order valence-corrected chi connectivity index (χ3v) is 5.61. The second-order valence-corrected chi connectivity index (χ2v) is 7.92. The molecule has 2 saturated heterocycles. The number of hydrogen-bond acceptors (Lipinski definition) is 3. The van der Waals surface area contributed by atoms with Crippen molar-refractivity contribution >= 4 is 27.6 Å². The highest BCUT2D eigenvalue weighted by Crippen LogP contribution is 2.24. The first-order valence-electron chi connectivity index (χ1n) is 8.83. The minimum atomic E-state index is -0.00774. The number of halogens is 1. The van der Waals surface area contributed by atoms with Crippen molar-refractivity contribution < 1.29 is 4.79 Å². The second kappa shape index (κ2) is 8.21. The van der Waals surface area contributed by atoms with Gasteiger partial charge in [-0.25, -0.2) is 4.79 Å². The number of likely N-dealkylation sites (tertiary alicyclic amines) is 1. The number of hydrogen-bond donors (Lipinski definition) is 2. The van der Waals surface area contributed by atoms with E-state index in [4.69, 9.17) is 0 Å². The molecule has 3 rings (SSSR count). The lowest BCUT2D eigenvalue weighted by Gasteiger charge is -2.29. The topological polar surface area (TPSA) is 47.6 Å². The number of urea groups is 1. The van der Waals surface area contributed by atoms with Gasteiger partial charge in [0.15, 0.2) is 0 Å². The van der Waals surface area contributed by atoms with E-state index in [1.807, 2.05) is 0 Å². The Morgan fingerprint density at radius 3 is 2.58 bits per heavy atom. The van der Waals surface area contributed by atoms with Crippen LogP contribution in [0.5, 0.6) is 0 Å². The quantitative estimate of drug-likeness (QED) is 0.824. The molecule has 0 aromatic heterocycles. The van der Waals surface area contributed by atoms with E-state index in [2.05, 4.69) is 67.7 Å². The molecule has 2 aliphatic rings. The minimum absolute atomic E-state index is 0.00774. The average Bonchev–Trinajstić information content (AvgIpc) is 3.05. The molecule has 2 amide bonds. The number of carbonyl (C=O) groups is 1. The number of rotatable bonds is 4. The van der Waals surface area contributed by atoms with E-state index in [0.717, 1.165) is 56.5 Å². The van der Waals surface area contributed by atoms with Crippen LogP contribution in [0.15, 0.2) is 28.7 Å². The first-order valence-corrected chi connectivity index (χ1v) is 9.63. The molecule has 2 aliphatic heterocycles. The molecule has 1 aromatic rings. The Kier molecular flexibility index (Phi) is 6.00. The fraction of sp³-hybridized carbons (Fsp3) is 0.611. The van der Waals surface area contributed by atoms with Crippen LogP contribution in [0.4, 0.5) is 10.5 Å². The van der Waals surface area contributed by atoms with Crippen molar-refractivity contribution in [3.05, 3.63) is 28.7 Å². The van der Waals surface area contributed by atoms with E-state index in [1.165, 1.54) is 5.69 Å². The Hall–Kier alpha value is -1.27. The zero-order valence-electron chi connectivity index (χ0n) is 14.3. The summed E-state index contributed by atoms with van der Waals surface area (Å²) < 4.78 is 1.11. The summed E-state index contributed by atoms with van der Waals surface area (Å²) in [5.74, 6) is 0.525. The molecule has 2 N–H and O–H groups in total. The summed E-state index contributed by atoms with van der Waals surface area (Å²) in [6, 6.07) is 8.77. The number of nitrogens with one attached hydrogen (secondary N) is 2. The van der Waals surface area contributed by atoms with Crippen LogP contribution >= 0.6 is 15.9 Å². The largest absolute Gasteiger partial charge is 0.371 e. The molecule has 0 radical (unpaired) electrons. The fourth-order valence-corrected chi connectivity index (χ4v) is 3.78. The standard InChI is InChI=1S/C18H27BrN4O/c1-22-9-7-16(8-10-22)21-18(24)20-12-14-6-11-23(13-14)17-4-2-15(19)3-5-17/h2-5,14,16H,6-13H2,1H3,(H2,20,21,24)/t14-/m0/s1. The molecule has 0 aliphatic carbocycles. The van der Waals surface area contributed by atoms with Gasteiger partial charge in [0.25, 0.3) is 0 Å². The molecular formula is C18H27BrN4O. The summed E-state index contributed by atoms with van der Waals surface area (Å²) in [5.41, 5.74) is 1.26. The smallest absolute Gasteiger partial charge is 0.315 e. The molecule has 5 nitrogen and oxygen atoms in total. The van der Waals surface area contributed by atoms with Gasteiger partial charge in [-0.3, -0.25) is 0 Å². The normalized spacial score (nSPS) is 22.6. The van der Waals surface area contributed by atoms with E-state index in [1.54, 1.807) is 0 Å². The van der Waals surface area contributed by atoms with Crippen LogP contribution in [0.3, 0.4) is 0 Å². The number of benzene rings is 1. The number of piperidine rings is 1. The summed E-state index contributed by atoms with van der Waals surface area (Å²) in [4.78, 5) is 16.8. The van der Waals surface area contributed by atoms with Crippen LogP contribution in [0.2, 0.25) is 0 Å². The lowest BCUT2D eigenvalue weighted by Crippen LogP contribution is -2.48. The number of anilines is 1. The zero-order valence-corrected chi connectivity index (χ0v) is 15.9. The molecular weight excluding hydrogens is 368 g/mol. The van der Waals surface area contributed by atoms with Gasteiger partial charge in [-0.2, -0.15) is 0 Å². The predicted molar refractivity (Wildman–Crippen MR) is 102 cm³/mol. The van der Waals surface area contributed by atoms with Gasteiger partial charge < -0.3 is 20.4 Å². The molecule has 132 valence electrons. The van der Waals surface area contributed by atoms with Crippen molar-refractivity contribution in [2.45, 2.75) is 25.3 Å². The molecule has 1 atom stereocenters. The fourth-order valence-electron chi connectivity index (χ4n) is 3.51. The van der Waals surface area contributed by atoms with Gasteiger partial charge in [0.1, 0.15) is 0 Å². The summed E-state index contributed by atoms with van der Waals surface area (Å²) in [5, 5.41) is 6.18. The summed E-state index contributed by atoms with van der Waals surface area (Å²) in [6.45, 7) is 4.96. The van der Waals surface area contributed by atoms with Crippen molar-refractivity contribution in [3.8, 4) is 0 Å². The minimum Gasteiger partial charge on any atom is -0.371 e. The highest BCUT2D eigenvalue weighted by molar-refractivity contribution is 9.10.